The minimum absolute atomic E-state index is 0.401. The first-order chi connectivity index (χ1) is 9.36. The molecule has 0 spiro atoms. The van der Waals surface area contributed by atoms with Crippen LogP contribution in [0.25, 0.3) is 0 Å². The highest BCUT2D eigenvalue weighted by molar-refractivity contribution is 7.88. The van der Waals surface area contributed by atoms with Gasteiger partial charge in [-0.05, 0) is 5.56 Å². The van der Waals surface area contributed by atoms with Gasteiger partial charge < -0.3 is 5.73 Å². The number of benzene rings is 1. The number of sulfonamides is 1. The highest BCUT2D eigenvalue weighted by Crippen LogP contribution is 2.11. The number of hydrogen-bond acceptors (Lipinski definition) is 4. The van der Waals surface area contributed by atoms with E-state index in [4.69, 9.17) is 18.0 Å². The second-order valence-electron chi connectivity index (χ2n) is 5.00. The molecule has 1 fully saturated rings. The van der Waals surface area contributed by atoms with E-state index >= 15 is 0 Å². The number of nitrogens with zero attached hydrogens (tertiary/aromatic N) is 2. The molecule has 0 saturated carbocycles. The minimum atomic E-state index is -3.06. The molecule has 1 aliphatic heterocycles. The molecular weight excluding hydrogens is 294 g/mol. The summed E-state index contributed by atoms with van der Waals surface area (Å²) in [7, 11) is -3.06. The van der Waals surface area contributed by atoms with E-state index in [1.807, 2.05) is 24.3 Å². The van der Waals surface area contributed by atoms with Crippen LogP contribution in [-0.2, 0) is 16.6 Å². The molecule has 0 radical (unpaired) electrons. The largest absolute Gasteiger partial charge is 0.389 e. The van der Waals surface area contributed by atoms with Gasteiger partial charge in [-0.25, -0.2) is 8.42 Å². The van der Waals surface area contributed by atoms with Crippen LogP contribution in [0.3, 0.4) is 0 Å². The second kappa shape index (κ2) is 6.17. The molecule has 110 valence electrons. The average Bonchev–Trinajstić information content (AvgIpc) is 2.39. The molecule has 0 unspecified atom stereocenters. The van der Waals surface area contributed by atoms with E-state index in [0.29, 0.717) is 18.1 Å². The molecule has 1 aromatic carbocycles. The van der Waals surface area contributed by atoms with E-state index in [1.165, 1.54) is 16.1 Å². The van der Waals surface area contributed by atoms with Crippen molar-refractivity contribution in [3.63, 3.8) is 0 Å². The van der Waals surface area contributed by atoms with Crippen LogP contribution in [0.2, 0.25) is 0 Å². The van der Waals surface area contributed by atoms with Gasteiger partial charge in [0.05, 0.1) is 6.26 Å². The smallest absolute Gasteiger partial charge is 0.211 e. The fourth-order valence-electron chi connectivity index (χ4n) is 2.25. The van der Waals surface area contributed by atoms with Gasteiger partial charge >= 0.3 is 0 Å². The summed E-state index contributed by atoms with van der Waals surface area (Å²) in [6, 6.07) is 7.86. The van der Waals surface area contributed by atoms with Gasteiger partial charge in [-0.2, -0.15) is 4.31 Å². The van der Waals surface area contributed by atoms with Gasteiger partial charge in [0.1, 0.15) is 4.99 Å². The molecule has 1 saturated heterocycles. The number of piperazine rings is 1. The standard InChI is InChI=1S/C13H19N3O2S2/c1-20(17,18)16-8-6-15(7-9-16)10-11-2-4-12(5-3-11)13(14)19/h2-5H,6-10H2,1H3,(H2,14,19). The second-order valence-corrected chi connectivity index (χ2v) is 7.42. The Kier molecular flexibility index (Phi) is 4.74. The van der Waals surface area contributed by atoms with Gasteiger partial charge in [-0.15, -0.1) is 0 Å². The highest BCUT2D eigenvalue weighted by atomic mass is 32.2. The summed E-state index contributed by atoms with van der Waals surface area (Å²) in [6.45, 7) is 3.44. The van der Waals surface area contributed by atoms with Crippen LogP contribution in [-0.4, -0.2) is 55.0 Å². The summed E-state index contributed by atoms with van der Waals surface area (Å²) in [5, 5.41) is 0. The molecule has 0 bridgehead atoms. The minimum Gasteiger partial charge on any atom is -0.389 e. The van der Waals surface area contributed by atoms with Crippen molar-refractivity contribution in [2.24, 2.45) is 5.73 Å². The molecule has 0 amide bonds. The summed E-state index contributed by atoms with van der Waals surface area (Å²) in [6.07, 6.45) is 1.26. The van der Waals surface area contributed by atoms with Crippen molar-refractivity contribution in [2.75, 3.05) is 32.4 Å². The van der Waals surface area contributed by atoms with Gasteiger partial charge in [0, 0.05) is 38.3 Å². The van der Waals surface area contributed by atoms with E-state index in [9.17, 15) is 8.42 Å². The first-order valence-corrected chi connectivity index (χ1v) is 8.68. The van der Waals surface area contributed by atoms with Crippen molar-refractivity contribution in [1.29, 1.82) is 0 Å². The van der Waals surface area contributed by atoms with E-state index in [0.717, 1.165) is 25.2 Å². The van der Waals surface area contributed by atoms with E-state index < -0.39 is 10.0 Å². The highest BCUT2D eigenvalue weighted by Gasteiger charge is 2.23. The third-order valence-electron chi connectivity index (χ3n) is 3.44. The topological polar surface area (TPSA) is 66.6 Å². The van der Waals surface area contributed by atoms with Crippen molar-refractivity contribution in [3.05, 3.63) is 35.4 Å². The number of nitrogens with two attached hydrogens (primary N) is 1. The first-order valence-electron chi connectivity index (χ1n) is 6.42. The van der Waals surface area contributed by atoms with Gasteiger partial charge in [0.15, 0.2) is 0 Å². The molecule has 5 nitrogen and oxygen atoms in total. The Bertz CT molecular complexity index is 576. The van der Waals surface area contributed by atoms with Crippen LogP contribution in [0.5, 0.6) is 0 Å². The van der Waals surface area contributed by atoms with Gasteiger partial charge in [0.2, 0.25) is 10.0 Å². The van der Waals surface area contributed by atoms with Crippen molar-refractivity contribution in [3.8, 4) is 0 Å². The lowest BCUT2D eigenvalue weighted by Crippen LogP contribution is -2.47. The average molecular weight is 313 g/mol. The Hall–Kier alpha value is -1.02. The number of hydrogen-bond donors (Lipinski definition) is 1. The maximum atomic E-state index is 11.4. The van der Waals surface area contributed by atoms with Crippen LogP contribution < -0.4 is 5.73 Å². The van der Waals surface area contributed by atoms with E-state index in [-0.39, 0.29) is 0 Å². The molecule has 0 atom stereocenters. The Morgan fingerprint density at radius 3 is 2.20 bits per heavy atom. The molecule has 0 aromatic heterocycles. The summed E-state index contributed by atoms with van der Waals surface area (Å²) in [5.74, 6) is 0. The molecule has 2 N–H and O–H groups in total. The van der Waals surface area contributed by atoms with Crippen molar-refractivity contribution >= 4 is 27.2 Å². The monoisotopic (exact) mass is 313 g/mol. The summed E-state index contributed by atoms with van der Waals surface area (Å²) >= 11 is 4.92. The van der Waals surface area contributed by atoms with Gasteiger partial charge in [-0.1, -0.05) is 36.5 Å². The fourth-order valence-corrected chi connectivity index (χ4v) is 3.21. The van der Waals surface area contributed by atoms with Crippen LogP contribution in [0, 0.1) is 0 Å². The van der Waals surface area contributed by atoms with Crippen LogP contribution >= 0.6 is 12.2 Å². The molecular formula is C13H19N3O2S2. The first kappa shape index (κ1) is 15.4. The Morgan fingerprint density at radius 1 is 1.20 bits per heavy atom. The summed E-state index contributed by atoms with van der Waals surface area (Å²) in [5.41, 5.74) is 7.61. The van der Waals surface area contributed by atoms with Crippen molar-refractivity contribution < 1.29 is 8.42 Å². The Balaban J connectivity index is 1.91. The van der Waals surface area contributed by atoms with E-state index in [1.54, 1.807) is 0 Å². The Labute approximate surface area is 125 Å². The zero-order valence-corrected chi connectivity index (χ0v) is 13.1. The molecule has 20 heavy (non-hydrogen) atoms. The predicted molar refractivity (Wildman–Crippen MR) is 84.0 cm³/mol. The SMILES string of the molecule is CS(=O)(=O)N1CCN(Cc2ccc(C(N)=S)cc2)CC1. The van der Waals surface area contributed by atoms with Crippen molar-refractivity contribution in [1.82, 2.24) is 9.21 Å². The van der Waals surface area contributed by atoms with Crippen molar-refractivity contribution in [2.45, 2.75) is 6.54 Å². The third kappa shape index (κ3) is 3.99. The zero-order chi connectivity index (χ0) is 14.8. The lowest BCUT2D eigenvalue weighted by Gasteiger charge is -2.33. The maximum absolute atomic E-state index is 11.4. The fraction of sp³-hybridized carbons (Fsp3) is 0.462. The number of rotatable bonds is 4. The lowest BCUT2D eigenvalue weighted by molar-refractivity contribution is 0.182. The molecule has 1 aromatic rings. The summed E-state index contributed by atoms with van der Waals surface area (Å²) in [4.78, 5) is 2.65. The molecule has 2 rings (SSSR count). The molecule has 7 heteroatoms. The normalized spacial score (nSPS) is 18.1. The molecule has 1 aliphatic rings. The number of thiocarbonyl (C=S) groups is 1. The maximum Gasteiger partial charge on any atom is 0.211 e. The summed E-state index contributed by atoms with van der Waals surface area (Å²) < 4.78 is 24.4. The Morgan fingerprint density at radius 2 is 1.75 bits per heavy atom. The lowest BCUT2D eigenvalue weighted by atomic mass is 10.1. The van der Waals surface area contributed by atoms with Gasteiger partial charge in [0.25, 0.3) is 0 Å². The quantitative estimate of drug-likeness (QED) is 0.815. The van der Waals surface area contributed by atoms with Gasteiger partial charge in [-0.3, -0.25) is 4.90 Å². The van der Waals surface area contributed by atoms with Crippen LogP contribution in [0.1, 0.15) is 11.1 Å². The molecule has 0 aliphatic carbocycles. The van der Waals surface area contributed by atoms with E-state index in [2.05, 4.69) is 4.90 Å². The van der Waals surface area contributed by atoms with Crippen LogP contribution in [0.4, 0.5) is 0 Å². The zero-order valence-electron chi connectivity index (χ0n) is 11.4. The molecule has 1 heterocycles. The third-order valence-corrected chi connectivity index (χ3v) is 4.98. The predicted octanol–water partition coefficient (Wildman–Crippen LogP) is 0.398. The van der Waals surface area contributed by atoms with Crippen LogP contribution in [0.15, 0.2) is 24.3 Å².